The highest BCUT2D eigenvalue weighted by Crippen LogP contribution is 2.37. The number of rotatable bonds is 5. The van der Waals surface area contributed by atoms with Crippen molar-refractivity contribution in [3.05, 3.63) is 56.7 Å². The van der Waals surface area contributed by atoms with Crippen molar-refractivity contribution in [3.8, 4) is 0 Å². The first-order valence-electron chi connectivity index (χ1n) is 9.92. The molecule has 8 nitrogen and oxygen atoms in total. The van der Waals surface area contributed by atoms with Crippen molar-refractivity contribution in [2.75, 3.05) is 12.4 Å². The molecule has 0 N–H and O–H groups in total. The van der Waals surface area contributed by atoms with Gasteiger partial charge in [0, 0.05) is 10.4 Å². The topological polar surface area (TPSA) is 95.6 Å². The summed E-state index contributed by atoms with van der Waals surface area (Å²) in [5.41, 5.74) is 1.03. The van der Waals surface area contributed by atoms with Gasteiger partial charge in [-0.2, -0.15) is 0 Å². The molecule has 158 valence electrons. The Labute approximate surface area is 184 Å². The number of thiophene rings is 1. The lowest BCUT2D eigenvalue weighted by atomic mass is 10.2. The molecule has 0 radical (unpaired) electrons. The van der Waals surface area contributed by atoms with Gasteiger partial charge in [-0.05, 0) is 43.9 Å². The first-order valence-corrected chi connectivity index (χ1v) is 11.7. The molecule has 0 fully saturated rings. The molecule has 0 spiro atoms. The maximum atomic E-state index is 13.5. The highest BCUT2D eigenvalue weighted by molar-refractivity contribution is 7.99. The third-order valence-corrected chi connectivity index (χ3v) is 7.37. The van der Waals surface area contributed by atoms with Gasteiger partial charge in [-0.15, -0.1) is 21.5 Å². The molecule has 0 atom stereocenters. The number of carbonyl (C=O) groups is 2. The monoisotopic (exact) mass is 454 g/mol. The molecular formula is C21H18N4O4S2. The summed E-state index contributed by atoms with van der Waals surface area (Å²) in [4.78, 5) is 40.6. The lowest BCUT2D eigenvalue weighted by Crippen LogP contribution is -2.29. The van der Waals surface area contributed by atoms with Crippen LogP contribution in [0, 0.1) is 0 Å². The van der Waals surface area contributed by atoms with E-state index >= 15 is 0 Å². The first-order chi connectivity index (χ1) is 15.1. The Morgan fingerprint density at radius 3 is 2.77 bits per heavy atom. The standard InChI is InChI=1S/C21H18N4O4S2/c1-2-29-15(26)11-30-21-23-22-20-24(17(27)12-7-4-3-5-8-12)18(28)16-13-9-6-10-14(13)31-19(16)25(20)21/h3-5,7-8H,2,6,9-11H2,1H3. The summed E-state index contributed by atoms with van der Waals surface area (Å²) in [7, 11) is 0. The summed E-state index contributed by atoms with van der Waals surface area (Å²) in [6, 6.07) is 8.65. The van der Waals surface area contributed by atoms with Crippen LogP contribution in [-0.4, -0.2) is 43.4 Å². The van der Waals surface area contributed by atoms with E-state index in [9.17, 15) is 14.4 Å². The van der Waals surface area contributed by atoms with E-state index < -0.39 is 5.91 Å². The molecule has 0 unspecified atom stereocenters. The molecule has 3 heterocycles. The fourth-order valence-corrected chi connectivity index (χ4v) is 6.04. The number of hydrogen-bond acceptors (Lipinski definition) is 8. The van der Waals surface area contributed by atoms with Crippen LogP contribution in [0.4, 0.5) is 0 Å². The fraction of sp³-hybridized carbons (Fsp3) is 0.286. The minimum absolute atomic E-state index is 0.0625. The average Bonchev–Trinajstić information content (AvgIpc) is 3.47. The number of esters is 1. The lowest BCUT2D eigenvalue weighted by molar-refractivity contribution is -0.139. The van der Waals surface area contributed by atoms with Gasteiger partial charge >= 0.3 is 5.97 Å². The normalized spacial score (nSPS) is 13.1. The fourth-order valence-electron chi connectivity index (χ4n) is 3.87. The molecule has 1 aromatic carbocycles. The number of carbonyl (C=O) groups excluding carboxylic acids is 2. The number of ether oxygens (including phenoxy) is 1. The molecule has 0 aliphatic heterocycles. The molecule has 5 rings (SSSR count). The molecule has 1 aliphatic rings. The number of thioether (sulfide) groups is 1. The number of aryl methyl sites for hydroxylation is 2. The second kappa shape index (κ2) is 7.93. The van der Waals surface area contributed by atoms with Crippen molar-refractivity contribution in [1.29, 1.82) is 0 Å². The second-order valence-corrected chi connectivity index (χ2v) is 9.09. The minimum Gasteiger partial charge on any atom is -0.465 e. The Bertz CT molecular complexity index is 1390. The van der Waals surface area contributed by atoms with Gasteiger partial charge in [0.25, 0.3) is 11.5 Å². The Kier molecular flexibility index (Phi) is 5.11. The molecule has 0 saturated carbocycles. The van der Waals surface area contributed by atoms with Crippen molar-refractivity contribution in [3.63, 3.8) is 0 Å². The molecule has 0 bridgehead atoms. The van der Waals surface area contributed by atoms with E-state index in [4.69, 9.17) is 4.74 Å². The highest BCUT2D eigenvalue weighted by atomic mass is 32.2. The Morgan fingerprint density at radius 2 is 2.00 bits per heavy atom. The Balaban J connectivity index is 1.74. The van der Waals surface area contributed by atoms with E-state index in [1.165, 1.54) is 23.1 Å². The summed E-state index contributed by atoms with van der Waals surface area (Å²) >= 11 is 2.72. The summed E-state index contributed by atoms with van der Waals surface area (Å²) in [5.74, 6) is -0.599. The van der Waals surface area contributed by atoms with E-state index in [1.807, 2.05) is 6.07 Å². The summed E-state index contributed by atoms with van der Waals surface area (Å²) in [6.45, 7) is 2.05. The smallest absolute Gasteiger partial charge is 0.316 e. The SMILES string of the molecule is CCOC(=O)CSc1nnc2n(C(=O)c3ccccc3)c(=O)c3c4c(sc3n12)CCC4. The van der Waals surface area contributed by atoms with Crippen LogP contribution in [0.25, 0.3) is 16.0 Å². The van der Waals surface area contributed by atoms with Crippen LogP contribution in [0.3, 0.4) is 0 Å². The van der Waals surface area contributed by atoms with E-state index in [0.717, 1.165) is 39.1 Å². The molecule has 31 heavy (non-hydrogen) atoms. The highest BCUT2D eigenvalue weighted by Gasteiger charge is 2.28. The van der Waals surface area contributed by atoms with Gasteiger partial charge in [-0.25, -0.2) is 8.97 Å². The van der Waals surface area contributed by atoms with Crippen LogP contribution in [0.1, 0.15) is 34.1 Å². The van der Waals surface area contributed by atoms with Gasteiger partial charge < -0.3 is 4.74 Å². The van der Waals surface area contributed by atoms with Gasteiger partial charge in [0.05, 0.1) is 17.7 Å². The lowest BCUT2D eigenvalue weighted by Gasteiger charge is -2.09. The minimum atomic E-state index is -0.454. The maximum absolute atomic E-state index is 13.5. The number of aromatic nitrogens is 4. The molecule has 4 aromatic rings. The van der Waals surface area contributed by atoms with E-state index in [0.29, 0.717) is 22.7 Å². The third kappa shape index (κ3) is 3.26. The molecule has 0 saturated heterocycles. The van der Waals surface area contributed by atoms with Gasteiger partial charge in [-0.3, -0.25) is 14.4 Å². The van der Waals surface area contributed by atoms with E-state index in [2.05, 4.69) is 10.2 Å². The Morgan fingerprint density at radius 1 is 1.19 bits per heavy atom. The largest absolute Gasteiger partial charge is 0.465 e. The maximum Gasteiger partial charge on any atom is 0.316 e. The quantitative estimate of drug-likeness (QED) is 0.338. The van der Waals surface area contributed by atoms with Crippen molar-refractivity contribution in [2.45, 2.75) is 31.3 Å². The Hall–Kier alpha value is -2.98. The van der Waals surface area contributed by atoms with Crippen LogP contribution in [-0.2, 0) is 22.4 Å². The number of benzene rings is 1. The van der Waals surface area contributed by atoms with Gasteiger partial charge in [0.15, 0.2) is 5.16 Å². The molecule has 0 amide bonds. The summed E-state index contributed by atoms with van der Waals surface area (Å²) in [5, 5.41) is 9.37. The van der Waals surface area contributed by atoms with E-state index in [-0.39, 0.29) is 23.1 Å². The first kappa shape index (κ1) is 20.0. The van der Waals surface area contributed by atoms with Crippen LogP contribution in [0.5, 0.6) is 0 Å². The molecule has 1 aliphatic carbocycles. The van der Waals surface area contributed by atoms with Crippen molar-refractivity contribution < 1.29 is 14.3 Å². The molecular weight excluding hydrogens is 436 g/mol. The zero-order valence-electron chi connectivity index (χ0n) is 16.7. The zero-order chi connectivity index (χ0) is 21.5. The van der Waals surface area contributed by atoms with Crippen LogP contribution in [0.2, 0.25) is 0 Å². The molecule has 3 aromatic heterocycles. The van der Waals surface area contributed by atoms with Gasteiger partial charge in [0.2, 0.25) is 5.78 Å². The van der Waals surface area contributed by atoms with Gasteiger partial charge in [0.1, 0.15) is 4.83 Å². The summed E-state index contributed by atoms with van der Waals surface area (Å²) < 4.78 is 7.83. The number of fused-ring (bicyclic) bond motifs is 5. The molecule has 10 heteroatoms. The van der Waals surface area contributed by atoms with Gasteiger partial charge in [-0.1, -0.05) is 30.0 Å². The van der Waals surface area contributed by atoms with Crippen molar-refractivity contribution >= 4 is 51.0 Å². The summed E-state index contributed by atoms with van der Waals surface area (Å²) in [6.07, 6.45) is 2.71. The van der Waals surface area contributed by atoms with Crippen LogP contribution >= 0.6 is 23.1 Å². The van der Waals surface area contributed by atoms with Crippen molar-refractivity contribution in [1.82, 2.24) is 19.2 Å². The number of hydrogen-bond donors (Lipinski definition) is 0. The average molecular weight is 455 g/mol. The predicted octanol–water partition coefficient (Wildman–Crippen LogP) is 2.94. The second-order valence-electron chi connectivity index (χ2n) is 7.06. The zero-order valence-corrected chi connectivity index (χ0v) is 18.3. The number of nitrogens with zero attached hydrogens (tertiary/aromatic N) is 4. The third-order valence-electron chi connectivity index (χ3n) is 5.19. The van der Waals surface area contributed by atoms with Crippen LogP contribution < -0.4 is 5.56 Å². The van der Waals surface area contributed by atoms with Crippen molar-refractivity contribution in [2.24, 2.45) is 0 Å². The van der Waals surface area contributed by atoms with E-state index in [1.54, 1.807) is 35.6 Å². The predicted molar refractivity (Wildman–Crippen MR) is 118 cm³/mol. The van der Waals surface area contributed by atoms with Crippen LogP contribution in [0.15, 0.2) is 40.3 Å².